The van der Waals surface area contributed by atoms with Crippen LogP contribution in [-0.2, 0) is 17.9 Å². The first-order valence-corrected chi connectivity index (χ1v) is 10.1. The van der Waals surface area contributed by atoms with Gasteiger partial charge in [-0.15, -0.1) is 17.5 Å². The monoisotopic (exact) mass is 439 g/mol. The minimum absolute atomic E-state index is 0. The summed E-state index contributed by atoms with van der Waals surface area (Å²) in [5, 5.41) is 17.1. The van der Waals surface area contributed by atoms with Crippen molar-refractivity contribution in [2.24, 2.45) is 0 Å². The molecule has 7 nitrogen and oxygen atoms in total. The number of carbonyl (C=O) groups is 1. The van der Waals surface area contributed by atoms with E-state index in [1.807, 2.05) is 30.5 Å². The molecule has 0 spiro atoms. The van der Waals surface area contributed by atoms with E-state index in [0.717, 1.165) is 28.9 Å². The van der Waals surface area contributed by atoms with E-state index < -0.39 is 5.91 Å². The molecule has 8 heteroatoms. The summed E-state index contributed by atoms with van der Waals surface area (Å²) in [5.74, 6) is -0.562. The molecule has 0 aliphatic carbocycles. The molecule has 162 valence electrons. The van der Waals surface area contributed by atoms with E-state index in [0.29, 0.717) is 6.54 Å². The van der Waals surface area contributed by atoms with Gasteiger partial charge in [-0.3, -0.25) is 14.9 Å². The molecule has 0 unspecified atom stereocenters. The molecular weight excluding hydrogens is 414 g/mol. The van der Waals surface area contributed by atoms with Crippen molar-refractivity contribution < 1.29 is 10.0 Å². The maximum atomic E-state index is 11.1. The Morgan fingerprint density at radius 2 is 1.84 bits per heavy atom. The number of hydrogen-bond donors (Lipinski definition) is 2. The topological polar surface area (TPSA) is 83.3 Å². The van der Waals surface area contributed by atoms with Crippen LogP contribution < -0.4 is 5.48 Å². The second kappa shape index (κ2) is 10.9. The highest BCUT2D eigenvalue weighted by molar-refractivity contribution is 5.90. The van der Waals surface area contributed by atoms with Crippen LogP contribution in [0.15, 0.2) is 60.8 Å². The van der Waals surface area contributed by atoms with E-state index in [4.69, 9.17) is 5.21 Å². The van der Waals surface area contributed by atoms with Gasteiger partial charge in [0.25, 0.3) is 5.91 Å². The van der Waals surface area contributed by atoms with Crippen molar-refractivity contribution in [3.05, 3.63) is 77.5 Å². The van der Waals surface area contributed by atoms with Crippen molar-refractivity contribution in [2.75, 3.05) is 13.1 Å². The molecule has 2 heterocycles. The van der Waals surface area contributed by atoms with Crippen molar-refractivity contribution in [3.8, 4) is 11.3 Å². The fourth-order valence-corrected chi connectivity index (χ4v) is 3.68. The van der Waals surface area contributed by atoms with Crippen molar-refractivity contribution in [2.45, 2.75) is 25.9 Å². The fourth-order valence-electron chi connectivity index (χ4n) is 3.68. The Balaban J connectivity index is 0.00000272. The first-order chi connectivity index (χ1) is 14.7. The number of nitrogens with one attached hydrogen (secondary N) is 1. The maximum Gasteiger partial charge on any atom is 0.267 e. The molecule has 1 aliphatic heterocycles. The first kappa shape index (κ1) is 22.7. The molecule has 1 aromatic heterocycles. The minimum atomic E-state index is -0.562. The molecule has 1 saturated heterocycles. The number of nitrogens with zero attached hydrogens (tertiary/aromatic N) is 4. The number of rotatable bonds is 7. The van der Waals surface area contributed by atoms with Gasteiger partial charge < -0.3 is 0 Å². The van der Waals surface area contributed by atoms with Gasteiger partial charge in [0.2, 0.25) is 0 Å². The first-order valence-electron chi connectivity index (χ1n) is 10.1. The molecule has 1 aliphatic rings. The standard InChI is InChI=1S/C23H25N5O2.ClH/c29-23(25-30)11-8-18-4-3-5-20(14-18)16-28-17-22(24-26-28)21-9-6-19(7-10-21)15-27-12-1-2-13-27;/h3-11,14,17,30H,1-2,12-13,15-16H2,(H,25,29);1H/b11-8+;. The highest BCUT2D eigenvalue weighted by Gasteiger charge is 2.12. The number of benzene rings is 2. The van der Waals surface area contributed by atoms with Crippen molar-refractivity contribution >= 4 is 24.4 Å². The van der Waals surface area contributed by atoms with E-state index in [2.05, 4.69) is 39.5 Å². The summed E-state index contributed by atoms with van der Waals surface area (Å²) >= 11 is 0. The Bertz CT molecular complexity index is 1030. The fraction of sp³-hybridized carbons (Fsp3) is 0.261. The lowest BCUT2D eigenvalue weighted by Crippen LogP contribution is -2.18. The Morgan fingerprint density at radius 1 is 1.06 bits per heavy atom. The third kappa shape index (κ3) is 6.24. The Kier molecular flexibility index (Phi) is 7.94. The molecule has 0 saturated carbocycles. The van der Waals surface area contributed by atoms with Gasteiger partial charge in [-0.1, -0.05) is 47.7 Å². The van der Waals surface area contributed by atoms with Gasteiger partial charge in [-0.25, -0.2) is 10.2 Å². The zero-order valence-electron chi connectivity index (χ0n) is 17.1. The molecule has 1 amide bonds. The molecular formula is C23H26ClN5O2. The Hall–Kier alpha value is -3.00. The number of carbonyl (C=O) groups excluding carboxylic acids is 1. The van der Waals surface area contributed by atoms with Gasteiger partial charge >= 0.3 is 0 Å². The number of hydrogen-bond acceptors (Lipinski definition) is 5. The van der Waals surface area contributed by atoms with Crippen LogP contribution in [0.2, 0.25) is 0 Å². The molecule has 31 heavy (non-hydrogen) atoms. The molecule has 0 atom stereocenters. The minimum Gasteiger partial charge on any atom is -0.299 e. The van der Waals surface area contributed by atoms with Gasteiger partial charge in [0.15, 0.2) is 0 Å². The smallest absolute Gasteiger partial charge is 0.267 e. The molecule has 4 rings (SSSR count). The van der Waals surface area contributed by atoms with Gasteiger partial charge in [0.05, 0.1) is 12.7 Å². The average Bonchev–Trinajstić information content (AvgIpc) is 3.45. The lowest BCUT2D eigenvalue weighted by atomic mass is 10.1. The normalized spacial score (nSPS) is 14.0. The molecule has 2 N–H and O–H groups in total. The summed E-state index contributed by atoms with van der Waals surface area (Å²) in [7, 11) is 0. The SMILES string of the molecule is Cl.O=C(/C=C/c1cccc(Cn2cc(-c3ccc(CN4CCCC4)cc3)nn2)c1)NO. The number of halogens is 1. The van der Waals surface area contributed by atoms with Gasteiger partial charge in [0.1, 0.15) is 5.69 Å². The van der Waals surface area contributed by atoms with Crippen LogP contribution in [0.1, 0.15) is 29.5 Å². The van der Waals surface area contributed by atoms with E-state index in [1.165, 1.54) is 37.6 Å². The molecule has 0 radical (unpaired) electrons. The number of hydroxylamine groups is 1. The van der Waals surface area contributed by atoms with Crippen LogP contribution in [-0.4, -0.2) is 44.1 Å². The van der Waals surface area contributed by atoms with Crippen LogP contribution in [0.3, 0.4) is 0 Å². The zero-order valence-corrected chi connectivity index (χ0v) is 18.0. The largest absolute Gasteiger partial charge is 0.299 e. The zero-order chi connectivity index (χ0) is 20.8. The van der Waals surface area contributed by atoms with Crippen LogP contribution >= 0.6 is 12.4 Å². The predicted molar refractivity (Wildman–Crippen MR) is 122 cm³/mol. The number of amides is 1. The summed E-state index contributed by atoms with van der Waals surface area (Å²) in [4.78, 5) is 13.6. The summed E-state index contributed by atoms with van der Waals surface area (Å²) < 4.78 is 1.80. The summed E-state index contributed by atoms with van der Waals surface area (Å²) in [6.45, 7) is 3.98. The quantitative estimate of drug-likeness (QED) is 0.334. The second-order valence-electron chi connectivity index (χ2n) is 7.54. The Labute approximate surface area is 187 Å². The lowest BCUT2D eigenvalue weighted by molar-refractivity contribution is -0.124. The molecule has 3 aromatic rings. The van der Waals surface area contributed by atoms with E-state index >= 15 is 0 Å². The number of likely N-dealkylation sites (tertiary alicyclic amines) is 1. The Morgan fingerprint density at radius 3 is 2.58 bits per heavy atom. The molecule has 0 bridgehead atoms. The number of aromatic nitrogens is 3. The predicted octanol–water partition coefficient (Wildman–Crippen LogP) is 3.53. The van der Waals surface area contributed by atoms with Gasteiger partial charge in [0, 0.05) is 18.2 Å². The maximum absolute atomic E-state index is 11.1. The van der Waals surface area contributed by atoms with Crippen molar-refractivity contribution in [1.29, 1.82) is 0 Å². The summed E-state index contributed by atoms with van der Waals surface area (Å²) in [6.07, 6.45) is 7.47. The molecule has 1 fully saturated rings. The lowest BCUT2D eigenvalue weighted by Gasteiger charge is -2.14. The highest BCUT2D eigenvalue weighted by atomic mass is 35.5. The van der Waals surface area contributed by atoms with Crippen molar-refractivity contribution in [3.63, 3.8) is 0 Å². The van der Waals surface area contributed by atoms with E-state index in [-0.39, 0.29) is 12.4 Å². The van der Waals surface area contributed by atoms with Crippen LogP contribution in [0.4, 0.5) is 0 Å². The summed E-state index contributed by atoms with van der Waals surface area (Å²) in [5.41, 5.74) is 6.71. The molecule has 2 aromatic carbocycles. The van der Waals surface area contributed by atoms with E-state index in [1.54, 1.807) is 16.2 Å². The van der Waals surface area contributed by atoms with Crippen LogP contribution in [0.5, 0.6) is 0 Å². The van der Waals surface area contributed by atoms with Crippen LogP contribution in [0.25, 0.3) is 17.3 Å². The summed E-state index contributed by atoms with van der Waals surface area (Å²) in [6, 6.07) is 16.3. The average molecular weight is 440 g/mol. The second-order valence-corrected chi connectivity index (χ2v) is 7.54. The van der Waals surface area contributed by atoms with Gasteiger partial charge in [-0.05, 0) is 54.8 Å². The van der Waals surface area contributed by atoms with E-state index in [9.17, 15) is 4.79 Å². The highest BCUT2D eigenvalue weighted by Crippen LogP contribution is 2.19. The van der Waals surface area contributed by atoms with Crippen molar-refractivity contribution in [1.82, 2.24) is 25.4 Å². The van der Waals surface area contributed by atoms with Gasteiger partial charge in [-0.2, -0.15) is 0 Å². The third-order valence-corrected chi connectivity index (χ3v) is 5.23. The third-order valence-electron chi connectivity index (χ3n) is 5.23. The van der Waals surface area contributed by atoms with Crippen LogP contribution in [0, 0.1) is 0 Å².